The molecule has 5 heterocycles. The lowest BCUT2D eigenvalue weighted by Gasteiger charge is -2.68. The van der Waals surface area contributed by atoms with Crippen LogP contribution in [0.1, 0.15) is 72.5 Å². The molecule has 1 unspecified atom stereocenters. The number of carbonyl (C=O) groups excluding carboxylic acids is 4. The summed E-state index contributed by atoms with van der Waals surface area (Å²) in [6, 6.07) is 1.69. The predicted octanol–water partition coefficient (Wildman–Crippen LogP) is 3.44. The van der Waals surface area contributed by atoms with Gasteiger partial charge in [0.2, 0.25) is 5.79 Å². The van der Waals surface area contributed by atoms with Crippen molar-refractivity contribution in [3.63, 3.8) is 0 Å². The Balaban J connectivity index is 1.56. The molecule has 6 aliphatic rings. The lowest BCUT2D eigenvalue weighted by atomic mass is 9.46. The molecule has 4 saturated heterocycles. The number of hydrogen-bond acceptors (Lipinski definition) is 11. The van der Waals surface area contributed by atoms with Crippen molar-refractivity contribution >= 4 is 23.7 Å². The van der Waals surface area contributed by atoms with Crippen LogP contribution in [0.2, 0.25) is 0 Å². The first-order chi connectivity index (χ1) is 20.0. The molecule has 4 bridgehead atoms. The van der Waals surface area contributed by atoms with E-state index in [4.69, 9.17) is 28.1 Å². The van der Waals surface area contributed by atoms with E-state index < -0.39 is 87.7 Å². The monoisotopic (exact) mass is 600 g/mol. The Hall–Kier alpha value is -3.02. The highest BCUT2D eigenvalue weighted by atomic mass is 16.7. The molecule has 1 aromatic heterocycles. The maximum Gasteiger partial charge on any atom is 0.335 e. The predicted molar refractivity (Wildman–Crippen MR) is 147 cm³/mol. The van der Waals surface area contributed by atoms with Crippen molar-refractivity contribution in [1.29, 1.82) is 0 Å². The Bertz CT molecular complexity index is 1400. The van der Waals surface area contributed by atoms with Crippen LogP contribution in [-0.2, 0) is 42.9 Å². The van der Waals surface area contributed by atoms with Crippen molar-refractivity contribution in [3.05, 3.63) is 36.3 Å². The number of furan rings is 1. The number of fused-ring (bicyclic) bond motifs is 3. The number of methoxy groups -OCH3 is 1. The van der Waals surface area contributed by atoms with Gasteiger partial charge in [0.25, 0.3) is 0 Å². The largest absolute Gasteiger partial charge is 0.472 e. The van der Waals surface area contributed by atoms with E-state index in [1.54, 1.807) is 33.8 Å². The fourth-order valence-corrected chi connectivity index (χ4v) is 9.16. The minimum absolute atomic E-state index is 0.248. The number of Topliss-reactive ketones (excluding diaryl/α,β-unsaturated/α-hetero) is 1. The lowest BCUT2D eigenvalue weighted by Crippen LogP contribution is -2.83. The molecular weight excluding hydrogens is 560 g/mol. The summed E-state index contributed by atoms with van der Waals surface area (Å²) in [6.45, 7) is 14.9. The summed E-state index contributed by atoms with van der Waals surface area (Å²) in [5, 5.41) is 12.7. The van der Waals surface area contributed by atoms with Crippen LogP contribution in [0.3, 0.4) is 0 Å². The van der Waals surface area contributed by atoms with Gasteiger partial charge in [-0.2, -0.15) is 0 Å². The zero-order valence-corrected chi connectivity index (χ0v) is 25.6. The van der Waals surface area contributed by atoms with Gasteiger partial charge in [-0.3, -0.25) is 14.4 Å². The minimum atomic E-state index is -2.47. The summed E-state index contributed by atoms with van der Waals surface area (Å²) < 4.78 is 35.4. The second kappa shape index (κ2) is 9.25. The molecule has 0 radical (unpaired) electrons. The minimum Gasteiger partial charge on any atom is -0.472 e. The molecule has 1 spiro atoms. The fourth-order valence-electron chi connectivity index (χ4n) is 9.16. The third-order valence-corrected chi connectivity index (χ3v) is 11.4. The molecule has 2 aliphatic carbocycles. The van der Waals surface area contributed by atoms with E-state index in [2.05, 4.69) is 6.58 Å². The summed E-state index contributed by atoms with van der Waals surface area (Å²) in [5.41, 5.74) is -4.13. The topological polar surface area (TPSA) is 148 Å². The van der Waals surface area contributed by atoms with E-state index in [0.29, 0.717) is 17.6 Å². The van der Waals surface area contributed by atoms with Crippen LogP contribution in [-0.4, -0.2) is 65.6 Å². The van der Waals surface area contributed by atoms with Gasteiger partial charge in [0, 0.05) is 28.2 Å². The average molecular weight is 601 g/mol. The summed E-state index contributed by atoms with van der Waals surface area (Å²) >= 11 is 0. The Morgan fingerprint density at radius 3 is 2.49 bits per heavy atom. The van der Waals surface area contributed by atoms with Crippen molar-refractivity contribution < 1.29 is 52.4 Å². The fraction of sp³-hybridized carbons (Fsp3) is 0.688. The number of cyclic esters (lactones) is 1. The van der Waals surface area contributed by atoms with Crippen LogP contribution in [0.25, 0.3) is 0 Å². The molecule has 2 saturated carbocycles. The quantitative estimate of drug-likeness (QED) is 0.301. The van der Waals surface area contributed by atoms with E-state index in [1.165, 1.54) is 19.6 Å². The summed E-state index contributed by atoms with van der Waals surface area (Å²) in [5.74, 6) is -6.88. The number of esters is 3. The molecule has 7 rings (SSSR count). The van der Waals surface area contributed by atoms with Gasteiger partial charge < -0.3 is 33.2 Å². The molecule has 6 fully saturated rings. The van der Waals surface area contributed by atoms with Gasteiger partial charge in [0.05, 0.1) is 37.4 Å². The molecule has 11 atom stereocenters. The average Bonchev–Trinajstić information content (AvgIpc) is 3.55. The lowest BCUT2D eigenvalue weighted by molar-refractivity contribution is -0.444. The molecule has 43 heavy (non-hydrogen) atoms. The first-order valence-corrected chi connectivity index (χ1v) is 14.9. The highest BCUT2D eigenvalue weighted by molar-refractivity contribution is 5.94. The Labute approximate surface area is 250 Å². The highest BCUT2D eigenvalue weighted by Gasteiger charge is 2.84. The number of ether oxygens (including phenoxy) is 5. The maximum atomic E-state index is 15.0. The number of carbonyl (C=O) groups is 4. The van der Waals surface area contributed by atoms with Gasteiger partial charge in [-0.15, -0.1) is 0 Å². The number of aliphatic hydroxyl groups is 1. The van der Waals surface area contributed by atoms with Crippen molar-refractivity contribution in [2.24, 2.45) is 34.0 Å². The van der Waals surface area contributed by atoms with Crippen LogP contribution in [0.15, 0.2) is 35.2 Å². The van der Waals surface area contributed by atoms with E-state index in [-0.39, 0.29) is 18.6 Å². The van der Waals surface area contributed by atoms with Gasteiger partial charge in [-0.25, -0.2) is 4.79 Å². The Morgan fingerprint density at radius 1 is 1.19 bits per heavy atom. The van der Waals surface area contributed by atoms with Gasteiger partial charge in [0.1, 0.15) is 23.6 Å². The second-order valence-electron chi connectivity index (χ2n) is 14.0. The van der Waals surface area contributed by atoms with Crippen LogP contribution in [0.4, 0.5) is 0 Å². The number of rotatable bonds is 5. The third kappa shape index (κ3) is 3.52. The zero-order chi connectivity index (χ0) is 31.5. The number of hydrogen-bond donors (Lipinski definition) is 1. The first kappa shape index (κ1) is 30.0. The van der Waals surface area contributed by atoms with Crippen LogP contribution in [0, 0.1) is 34.0 Å². The molecule has 234 valence electrons. The maximum absolute atomic E-state index is 15.0. The first-order valence-electron chi connectivity index (χ1n) is 14.9. The molecule has 11 nitrogen and oxygen atoms in total. The van der Waals surface area contributed by atoms with Crippen molar-refractivity contribution in [2.45, 2.75) is 96.6 Å². The second-order valence-corrected chi connectivity index (χ2v) is 14.0. The Morgan fingerprint density at radius 2 is 1.88 bits per heavy atom. The van der Waals surface area contributed by atoms with E-state index >= 15 is 0 Å². The van der Waals surface area contributed by atoms with Gasteiger partial charge in [-0.1, -0.05) is 41.2 Å². The van der Waals surface area contributed by atoms with E-state index in [1.807, 2.05) is 13.8 Å². The van der Waals surface area contributed by atoms with E-state index in [0.717, 1.165) is 0 Å². The van der Waals surface area contributed by atoms with E-state index in [9.17, 15) is 24.3 Å². The number of ketones is 1. The molecular formula is C32H40O11. The van der Waals surface area contributed by atoms with Crippen molar-refractivity contribution in [2.75, 3.05) is 7.11 Å². The summed E-state index contributed by atoms with van der Waals surface area (Å²) in [7, 11) is 1.20. The van der Waals surface area contributed by atoms with Gasteiger partial charge >= 0.3 is 17.9 Å². The van der Waals surface area contributed by atoms with Crippen LogP contribution >= 0.6 is 0 Å². The summed E-state index contributed by atoms with van der Waals surface area (Å²) in [4.78, 5) is 54.6. The molecule has 0 amide bonds. The molecule has 11 heteroatoms. The molecule has 4 aliphatic heterocycles. The van der Waals surface area contributed by atoms with Crippen molar-refractivity contribution in [3.8, 4) is 0 Å². The Kier molecular flexibility index (Phi) is 6.46. The highest BCUT2D eigenvalue weighted by Crippen LogP contribution is 2.73. The normalized spacial score (nSPS) is 45.0. The molecule has 1 aromatic rings. The summed E-state index contributed by atoms with van der Waals surface area (Å²) in [6.07, 6.45) is -1.52. The molecule has 0 aromatic carbocycles. The zero-order valence-electron chi connectivity index (χ0n) is 25.6. The molecule has 1 N–H and O–H groups in total. The third-order valence-electron chi connectivity index (χ3n) is 11.4. The smallest absolute Gasteiger partial charge is 0.335 e. The van der Waals surface area contributed by atoms with Crippen molar-refractivity contribution in [1.82, 2.24) is 0 Å². The van der Waals surface area contributed by atoms with Gasteiger partial charge in [-0.05, 0) is 31.4 Å². The SMILES string of the molecule is C=C1[C@@H]2C[C@@]3(C)[C@H](c4ccoc4)OC(=O)C[C@]13O[C@H]1[C@]3(O)O[C@@H](C(=O)OC)[C@@H](C(C)(C)[C@H]3OC(=O)C(C)CC)[C@@]1(C)C2=O. The standard InChI is InChI=1S/C32H40O11/c1-9-15(2)24(35)41-26-28(4,5)21-20(25(36)38-8)42-32(26,37)27-30(21,7)22(34)18-12-29(6)23(17-10-11-39-14-17)40-19(33)13-31(29,43-27)16(18)3/h10-11,14-15,18,20-21,23,26-27,37H,3,9,12-13H2,1-2,4-8H3/t15?,18-,20+,21-,23-,26+,27+,29-,30-,31-,32+/m0/s1. The van der Waals surface area contributed by atoms with Gasteiger partial charge in [0.15, 0.2) is 12.2 Å². The van der Waals surface area contributed by atoms with Crippen LogP contribution < -0.4 is 0 Å². The van der Waals surface area contributed by atoms with Crippen LogP contribution in [0.5, 0.6) is 0 Å².